The van der Waals surface area contributed by atoms with Crippen molar-refractivity contribution >= 4 is 5.91 Å². The van der Waals surface area contributed by atoms with Crippen LogP contribution < -0.4 is 4.74 Å². The van der Waals surface area contributed by atoms with Crippen molar-refractivity contribution in [2.75, 3.05) is 13.7 Å². The van der Waals surface area contributed by atoms with Crippen LogP contribution in [0.2, 0.25) is 0 Å². The maximum Gasteiger partial charge on any atom is 0.226 e. The summed E-state index contributed by atoms with van der Waals surface area (Å²) in [6, 6.07) is 8.15. The zero-order valence-corrected chi connectivity index (χ0v) is 14.2. The van der Waals surface area contributed by atoms with E-state index < -0.39 is 0 Å². The molecule has 0 spiro atoms. The number of carbonyl (C=O) groups excluding carboxylic acids is 1. The van der Waals surface area contributed by atoms with Crippen LogP contribution in [0.5, 0.6) is 5.75 Å². The molecule has 24 heavy (non-hydrogen) atoms. The van der Waals surface area contributed by atoms with Crippen LogP contribution in [-0.2, 0) is 11.2 Å². The highest BCUT2D eigenvalue weighted by Gasteiger charge is 2.29. The van der Waals surface area contributed by atoms with Crippen molar-refractivity contribution in [3.8, 4) is 5.75 Å². The van der Waals surface area contributed by atoms with Crippen LogP contribution in [-0.4, -0.2) is 34.6 Å². The summed E-state index contributed by atoms with van der Waals surface area (Å²) in [7, 11) is 1.66. The lowest BCUT2D eigenvalue weighted by Crippen LogP contribution is -2.30. The minimum absolute atomic E-state index is 0.151. The Bertz CT molecular complexity index is 698. The predicted molar refractivity (Wildman–Crippen MR) is 88.7 cm³/mol. The molecule has 1 amide bonds. The Morgan fingerprint density at radius 1 is 1.46 bits per heavy atom. The zero-order chi connectivity index (χ0) is 16.9. The van der Waals surface area contributed by atoms with E-state index in [2.05, 4.69) is 16.2 Å². The van der Waals surface area contributed by atoms with Gasteiger partial charge in [0.25, 0.3) is 0 Å². The Morgan fingerprint density at radius 3 is 3.08 bits per heavy atom. The van der Waals surface area contributed by atoms with Crippen molar-refractivity contribution in [1.29, 1.82) is 0 Å². The Labute approximate surface area is 141 Å². The maximum absolute atomic E-state index is 12.6. The topological polar surface area (TPSA) is 68.5 Å². The van der Waals surface area contributed by atoms with Crippen molar-refractivity contribution < 1.29 is 14.1 Å². The molecule has 0 aliphatic carbocycles. The SMILES string of the molecule is COc1cccc([C@H]2CCCN2C(=O)CCCc2nc(C)no2)c1. The third-order valence-corrected chi connectivity index (χ3v) is 4.40. The summed E-state index contributed by atoms with van der Waals surface area (Å²) in [5.74, 6) is 2.26. The fourth-order valence-corrected chi connectivity index (χ4v) is 3.24. The molecule has 1 aromatic heterocycles. The van der Waals surface area contributed by atoms with E-state index in [-0.39, 0.29) is 11.9 Å². The number of methoxy groups -OCH3 is 1. The number of rotatable bonds is 6. The molecule has 3 rings (SSSR count). The van der Waals surface area contributed by atoms with Gasteiger partial charge in [-0.3, -0.25) is 4.79 Å². The molecule has 0 unspecified atom stereocenters. The molecule has 0 bridgehead atoms. The number of aromatic nitrogens is 2. The second-order valence-electron chi connectivity index (χ2n) is 6.11. The molecular formula is C18H23N3O3. The highest BCUT2D eigenvalue weighted by atomic mass is 16.5. The second-order valence-corrected chi connectivity index (χ2v) is 6.11. The summed E-state index contributed by atoms with van der Waals surface area (Å²) >= 11 is 0. The number of carbonyl (C=O) groups is 1. The van der Waals surface area contributed by atoms with Crippen LogP contribution in [0.1, 0.15) is 49.0 Å². The van der Waals surface area contributed by atoms with Crippen LogP contribution in [0.4, 0.5) is 0 Å². The van der Waals surface area contributed by atoms with Crippen molar-refractivity contribution in [1.82, 2.24) is 15.0 Å². The van der Waals surface area contributed by atoms with Crippen LogP contribution in [0, 0.1) is 6.92 Å². The first-order valence-electron chi connectivity index (χ1n) is 8.40. The van der Waals surface area contributed by atoms with Crippen LogP contribution in [0.3, 0.4) is 0 Å². The molecule has 128 valence electrons. The Kier molecular flexibility index (Phi) is 5.13. The smallest absolute Gasteiger partial charge is 0.226 e. The monoisotopic (exact) mass is 329 g/mol. The van der Waals surface area contributed by atoms with Crippen LogP contribution in [0.25, 0.3) is 0 Å². The van der Waals surface area contributed by atoms with Gasteiger partial charge in [-0.25, -0.2) is 0 Å². The molecule has 2 aromatic rings. The highest BCUT2D eigenvalue weighted by molar-refractivity contribution is 5.77. The number of amides is 1. The van der Waals surface area contributed by atoms with E-state index in [4.69, 9.17) is 9.26 Å². The normalized spacial score (nSPS) is 17.2. The van der Waals surface area contributed by atoms with Gasteiger partial charge in [0, 0.05) is 19.4 Å². The average molecular weight is 329 g/mol. The van der Waals surface area contributed by atoms with E-state index in [1.165, 1.54) is 0 Å². The number of aryl methyl sites for hydroxylation is 2. The maximum atomic E-state index is 12.6. The lowest BCUT2D eigenvalue weighted by molar-refractivity contribution is -0.132. The Hall–Kier alpha value is -2.37. The molecule has 1 aromatic carbocycles. The fourth-order valence-electron chi connectivity index (χ4n) is 3.24. The molecule has 1 saturated heterocycles. The molecule has 1 aliphatic rings. The van der Waals surface area contributed by atoms with Gasteiger partial charge in [0.15, 0.2) is 5.82 Å². The Morgan fingerprint density at radius 2 is 2.33 bits per heavy atom. The largest absolute Gasteiger partial charge is 0.497 e. The van der Waals surface area contributed by atoms with Gasteiger partial charge in [0.1, 0.15) is 5.75 Å². The summed E-state index contributed by atoms with van der Waals surface area (Å²) < 4.78 is 10.4. The van der Waals surface area contributed by atoms with Crippen molar-refractivity contribution in [3.05, 3.63) is 41.5 Å². The van der Waals surface area contributed by atoms with Gasteiger partial charge in [0.2, 0.25) is 11.8 Å². The molecule has 6 heteroatoms. The van der Waals surface area contributed by atoms with E-state index in [0.717, 1.165) is 37.1 Å². The lowest BCUT2D eigenvalue weighted by Gasteiger charge is -2.25. The quantitative estimate of drug-likeness (QED) is 0.814. The van der Waals surface area contributed by atoms with Crippen molar-refractivity contribution in [2.24, 2.45) is 0 Å². The third-order valence-electron chi connectivity index (χ3n) is 4.40. The third kappa shape index (κ3) is 3.75. The van der Waals surface area contributed by atoms with Gasteiger partial charge in [0.05, 0.1) is 13.2 Å². The number of benzene rings is 1. The van der Waals surface area contributed by atoms with Crippen LogP contribution >= 0.6 is 0 Å². The lowest BCUT2D eigenvalue weighted by atomic mass is 10.0. The molecule has 1 fully saturated rings. The summed E-state index contributed by atoms with van der Waals surface area (Å²) in [6.07, 6.45) is 3.91. The molecule has 0 N–H and O–H groups in total. The zero-order valence-electron chi connectivity index (χ0n) is 14.2. The van der Waals surface area contributed by atoms with Gasteiger partial charge in [-0.1, -0.05) is 17.3 Å². The summed E-state index contributed by atoms with van der Waals surface area (Å²) in [4.78, 5) is 18.8. The number of likely N-dealkylation sites (tertiary alicyclic amines) is 1. The van der Waals surface area contributed by atoms with Gasteiger partial charge in [-0.2, -0.15) is 4.98 Å². The van der Waals surface area contributed by atoms with E-state index in [1.807, 2.05) is 23.1 Å². The Balaban J connectivity index is 1.58. The minimum atomic E-state index is 0.151. The fraction of sp³-hybridized carbons (Fsp3) is 0.500. The average Bonchev–Trinajstić information content (AvgIpc) is 3.24. The van der Waals surface area contributed by atoms with Gasteiger partial charge in [-0.05, 0) is 43.9 Å². The van der Waals surface area contributed by atoms with E-state index in [9.17, 15) is 4.79 Å². The van der Waals surface area contributed by atoms with Crippen molar-refractivity contribution in [2.45, 2.75) is 45.1 Å². The second kappa shape index (κ2) is 7.47. The molecular weight excluding hydrogens is 306 g/mol. The molecule has 1 aliphatic heterocycles. The summed E-state index contributed by atoms with van der Waals surface area (Å²) in [5.41, 5.74) is 1.15. The van der Waals surface area contributed by atoms with E-state index in [1.54, 1.807) is 14.0 Å². The molecule has 6 nitrogen and oxygen atoms in total. The highest BCUT2D eigenvalue weighted by Crippen LogP contribution is 2.34. The first-order valence-corrected chi connectivity index (χ1v) is 8.40. The summed E-state index contributed by atoms with van der Waals surface area (Å²) in [6.45, 7) is 2.61. The molecule has 2 heterocycles. The van der Waals surface area contributed by atoms with Gasteiger partial charge in [-0.15, -0.1) is 0 Å². The van der Waals surface area contributed by atoms with Gasteiger partial charge < -0.3 is 14.2 Å². The number of hydrogen-bond donors (Lipinski definition) is 0. The predicted octanol–water partition coefficient (Wildman–Crippen LogP) is 3.07. The molecule has 1 atom stereocenters. The van der Waals surface area contributed by atoms with Gasteiger partial charge >= 0.3 is 0 Å². The van der Waals surface area contributed by atoms with Crippen LogP contribution in [0.15, 0.2) is 28.8 Å². The number of ether oxygens (including phenoxy) is 1. The minimum Gasteiger partial charge on any atom is -0.497 e. The number of nitrogens with zero attached hydrogens (tertiary/aromatic N) is 3. The van der Waals surface area contributed by atoms with E-state index in [0.29, 0.717) is 24.6 Å². The standard InChI is InChI=1S/C18H23N3O3/c1-13-19-17(24-20-13)9-4-10-18(22)21-11-5-8-16(21)14-6-3-7-15(12-14)23-2/h3,6-7,12,16H,4-5,8-11H2,1-2H3/t16-/m1/s1. The summed E-state index contributed by atoms with van der Waals surface area (Å²) in [5, 5.41) is 3.77. The molecule has 0 saturated carbocycles. The number of hydrogen-bond acceptors (Lipinski definition) is 5. The molecule has 0 radical (unpaired) electrons. The van der Waals surface area contributed by atoms with E-state index >= 15 is 0 Å². The van der Waals surface area contributed by atoms with Crippen molar-refractivity contribution in [3.63, 3.8) is 0 Å². The first-order chi connectivity index (χ1) is 11.7. The first kappa shape index (κ1) is 16.5.